The normalized spacial score (nSPS) is 13.4. The molecule has 2 aromatic rings. The highest BCUT2D eigenvalue weighted by atomic mass is 35.5. The SMILES string of the molecule is O=C(Cc1ccc2c(c1)B(O)OC2)c1ccc(Cl)c(Cl)c1. The molecule has 0 radical (unpaired) electrons. The average Bonchev–Trinajstić information content (AvgIpc) is 2.83. The Hall–Kier alpha value is -1.33. The Kier molecular flexibility index (Phi) is 4.04. The molecule has 6 heteroatoms. The molecule has 0 bridgehead atoms. The lowest BCUT2D eigenvalue weighted by Crippen LogP contribution is -2.28. The number of carbonyl (C=O) groups excluding carboxylic acids is 1. The molecular weight excluding hydrogens is 310 g/mol. The van der Waals surface area contributed by atoms with Crippen molar-refractivity contribution in [2.75, 3.05) is 0 Å². The highest BCUT2D eigenvalue weighted by Gasteiger charge is 2.27. The van der Waals surface area contributed by atoms with Gasteiger partial charge in [0, 0.05) is 12.0 Å². The first kappa shape index (κ1) is 14.6. The van der Waals surface area contributed by atoms with E-state index in [0.29, 0.717) is 22.2 Å². The Balaban J connectivity index is 1.82. The first-order chi connectivity index (χ1) is 10.0. The molecule has 0 spiro atoms. The van der Waals surface area contributed by atoms with Gasteiger partial charge in [-0.1, -0.05) is 41.4 Å². The molecule has 106 valence electrons. The van der Waals surface area contributed by atoms with Gasteiger partial charge in [-0.15, -0.1) is 0 Å². The molecule has 3 nitrogen and oxygen atoms in total. The zero-order valence-electron chi connectivity index (χ0n) is 11.0. The van der Waals surface area contributed by atoms with Gasteiger partial charge in [-0.05, 0) is 34.8 Å². The van der Waals surface area contributed by atoms with E-state index < -0.39 is 7.12 Å². The maximum absolute atomic E-state index is 12.3. The topological polar surface area (TPSA) is 46.5 Å². The molecule has 0 aliphatic carbocycles. The fourth-order valence-electron chi connectivity index (χ4n) is 2.33. The zero-order chi connectivity index (χ0) is 15.0. The summed E-state index contributed by atoms with van der Waals surface area (Å²) < 4.78 is 5.14. The summed E-state index contributed by atoms with van der Waals surface area (Å²) in [6.45, 7) is 0.400. The van der Waals surface area contributed by atoms with Gasteiger partial charge in [-0.3, -0.25) is 4.79 Å². The first-order valence-electron chi connectivity index (χ1n) is 6.44. The summed E-state index contributed by atoms with van der Waals surface area (Å²) in [7, 11) is -0.903. The van der Waals surface area contributed by atoms with Crippen molar-refractivity contribution in [3.63, 3.8) is 0 Å². The minimum atomic E-state index is -0.903. The van der Waals surface area contributed by atoms with Gasteiger partial charge in [0.05, 0.1) is 16.7 Å². The van der Waals surface area contributed by atoms with Gasteiger partial charge < -0.3 is 9.68 Å². The number of halogens is 2. The second-order valence-corrected chi connectivity index (χ2v) is 5.74. The molecule has 2 aromatic carbocycles. The van der Waals surface area contributed by atoms with E-state index >= 15 is 0 Å². The van der Waals surface area contributed by atoms with Crippen LogP contribution in [-0.4, -0.2) is 17.9 Å². The van der Waals surface area contributed by atoms with Gasteiger partial charge in [0.25, 0.3) is 0 Å². The molecule has 0 aromatic heterocycles. The van der Waals surface area contributed by atoms with Gasteiger partial charge in [0.15, 0.2) is 5.78 Å². The number of Topliss-reactive ketones (excluding diaryl/α,β-unsaturated/α-hetero) is 1. The lowest BCUT2D eigenvalue weighted by atomic mass is 9.78. The lowest BCUT2D eigenvalue weighted by molar-refractivity contribution is 0.0993. The Morgan fingerprint density at radius 2 is 2.00 bits per heavy atom. The quantitative estimate of drug-likeness (QED) is 0.698. The molecule has 21 heavy (non-hydrogen) atoms. The van der Waals surface area contributed by atoms with E-state index in [2.05, 4.69) is 0 Å². The highest BCUT2D eigenvalue weighted by Crippen LogP contribution is 2.23. The molecule has 0 atom stereocenters. The van der Waals surface area contributed by atoms with E-state index in [1.54, 1.807) is 18.2 Å². The van der Waals surface area contributed by atoms with Crippen LogP contribution in [-0.2, 0) is 17.7 Å². The fourth-order valence-corrected chi connectivity index (χ4v) is 2.63. The van der Waals surface area contributed by atoms with Gasteiger partial charge in [0.1, 0.15) is 0 Å². The molecular formula is C15H11BCl2O3. The highest BCUT2D eigenvalue weighted by molar-refractivity contribution is 6.61. The van der Waals surface area contributed by atoms with Gasteiger partial charge in [-0.2, -0.15) is 0 Å². The Morgan fingerprint density at radius 3 is 2.76 bits per heavy atom. The van der Waals surface area contributed by atoms with Gasteiger partial charge in [-0.25, -0.2) is 0 Å². The molecule has 3 rings (SSSR count). The van der Waals surface area contributed by atoms with Crippen LogP contribution in [0.2, 0.25) is 10.0 Å². The number of rotatable bonds is 3. The van der Waals surface area contributed by atoms with Gasteiger partial charge in [0.2, 0.25) is 0 Å². The van der Waals surface area contributed by atoms with Crippen molar-refractivity contribution in [2.45, 2.75) is 13.0 Å². The largest absolute Gasteiger partial charge is 0.491 e. The molecule has 1 heterocycles. The van der Waals surface area contributed by atoms with E-state index in [4.69, 9.17) is 27.9 Å². The van der Waals surface area contributed by atoms with Crippen LogP contribution >= 0.6 is 23.2 Å². The molecule has 1 aliphatic rings. The summed E-state index contributed by atoms with van der Waals surface area (Å²) in [4.78, 5) is 12.3. The van der Waals surface area contributed by atoms with E-state index in [1.807, 2.05) is 18.2 Å². The molecule has 0 saturated carbocycles. The van der Waals surface area contributed by atoms with Crippen LogP contribution in [0.3, 0.4) is 0 Å². The summed E-state index contributed by atoms with van der Waals surface area (Å²) in [5.74, 6) is -0.0538. The van der Waals surface area contributed by atoms with Crippen LogP contribution in [0.25, 0.3) is 0 Å². The minimum Gasteiger partial charge on any atom is -0.423 e. The predicted molar refractivity (Wildman–Crippen MR) is 83.3 cm³/mol. The second-order valence-electron chi connectivity index (χ2n) is 4.93. The van der Waals surface area contributed by atoms with E-state index in [9.17, 15) is 9.82 Å². The number of hydrogen-bond donors (Lipinski definition) is 1. The van der Waals surface area contributed by atoms with Crippen molar-refractivity contribution >= 4 is 41.6 Å². The smallest absolute Gasteiger partial charge is 0.423 e. The third-order valence-corrected chi connectivity index (χ3v) is 4.22. The van der Waals surface area contributed by atoms with Crippen molar-refractivity contribution in [1.82, 2.24) is 0 Å². The lowest BCUT2D eigenvalue weighted by Gasteiger charge is -2.05. The van der Waals surface area contributed by atoms with Crippen molar-refractivity contribution < 1.29 is 14.5 Å². The van der Waals surface area contributed by atoms with Gasteiger partial charge >= 0.3 is 7.12 Å². The third-order valence-electron chi connectivity index (χ3n) is 3.48. The second kappa shape index (κ2) is 5.81. The molecule has 0 saturated heterocycles. The predicted octanol–water partition coefficient (Wildman–Crippen LogP) is 2.64. The minimum absolute atomic E-state index is 0.0538. The molecule has 0 unspecified atom stereocenters. The molecule has 0 amide bonds. The summed E-state index contributed by atoms with van der Waals surface area (Å²) in [5, 5.41) is 10.5. The average molecular weight is 321 g/mol. The Bertz CT molecular complexity index is 718. The first-order valence-corrected chi connectivity index (χ1v) is 7.20. The molecule has 1 aliphatic heterocycles. The van der Waals surface area contributed by atoms with Crippen molar-refractivity contribution in [3.8, 4) is 0 Å². The molecule has 1 N–H and O–H groups in total. The van der Waals surface area contributed by atoms with E-state index in [0.717, 1.165) is 16.6 Å². The zero-order valence-corrected chi connectivity index (χ0v) is 12.5. The van der Waals surface area contributed by atoms with Crippen LogP contribution < -0.4 is 5.46 Å². The number of hydrogen-bond acceptors (Lipinski definition) is 3. The van der Waals surface area contributed by atoms with Crippen LogP contribution in [0, 0.1) is 0 Å². The Morgan fingerprint density at radius 1 is 1.19 bits per heavy atom. The van der Waals surface area contributed by atoms with E-state index in [-0.39, 0.29) is 12.2 Å². The number of ketones is 1. The van der Waals surface area contributed by atoms with Crippen molar-refractivity contribution in [2.24, 2.45) is 0 Å². The number of carbonyl (C=O) groups is 1. The monoisotopic (exact) mass is 320 g/mol. The van der Waals surface area contributed by atoms with Crippen LogP contribution in [0.15, 0.2) is 36.4 Å². The summed E-state index contributed by atoms with van der Waals surface area (Å²) in [5.41, 5.74) is 3.03. The fraction of sp³-hybridized carbons (Fsp3) is 0.133. The van der Waals surface area contributed by atoms with Crippen LogP contribution in [0.1, 0.15) is 21.5 Å². The van der Waals surface area contributed by atoms with Crippen LogP contribution in [0.4, 0.5) is 0 Å². The maximum atomic E-state index is 12.3. The van der Waals surface area contributed by atoms with E-state index in [1.165, 1.54) is 0 Å². The molecule has 0 fully saturated rings. The summed E-state index contributed by atoms with van der Waals surface area (Å²) >= 11 is 11.8. The number of fused-ring (bicyclic) bond motifs is 1. The number of benzene rings is 2. The van der Waals surface area contributed by atoms with Crippen LogP contribution in [0.5, 0.6) is 0 Å². The van der Waals surface area contributed by atoms with Crippen molar-refractivity contribution in [1.29, 1.82) is 0 Å². The Labute approximate surface area is 132 Å². The summed E-state index contributed by atoms with van der Waals surface area (Å²) in [6.07, 6.45) is 0.234. The third kappa shape index (κ3) is 2.99. The maximum Gasteiger partial charge on any atom is 0.491 e. The van der Waals surface area contributed by atoms with Crippen molar-refractivity contribution in [3.05, 3.63) is 63.1 Å². The summed E-state index contributed by atoms with van der Waals surface area (Å²) in [6, 6.07) is 10.4. The standard InChI is InChI=1S/C15H11BCl2O3/c17-13-4-3-10(7-14(13)18)15(19)6-9-1-2-11-8-21-16(20)12(11)5-9/h1-5,7,20H,6,8H2.